The van der Waals surface area contributed by atoms with Gasteiger partial charge in [-0.05, 0) is 35.9 Å². The number of aromatic nitrogens is 2. The van der Waals surface area contributed by atoms with Gasteiger partial charge in [0.15, 0.2) is 0 Å². The van der Waals surface area contributed by atoms with Crippen LogP contribution in [0.2, 0.25) is 5.15 Å². The van der Waals surface area contributed by atoms with E-state index in [9.17, 15) is 9.18 Å². The van der Waals surface area contributed by atoms with Crippen molar-refractivity contribution >= 4 is 34.1 Å². The van der Waals surface area contributed by atoms with Gasteiger partial charge < -0.3 is 10.6 Å². The number of H-pyrrole nitrogens is 1. The molecule has 25 heavy (non-hydrogen) atoms. The molecule has 1 fully saturated rings. The van der Waals surface area contributed by atoms with E-state index < -0.39 is 0 Å². The molecule has 2 aromatic carbocycles. The highest BCUT2D eigenvalue weighted by Crippen LogP contribution is 2.33. The number of benzene rings is 2. The summed E-state index contributed by atoms with van der Waals surface area (Å²) < 4.78 is 13.2. The van der Waals surface area contributed by atoms with E-state index in [0.29, 0.717) is 30.4 Å². The van der Waals surface area contributed by atoms with Gasteiger partial charge in [0.1, 0.15) is 11.0 Å². The van der Waals surface area contributed by atoms with Gasteiger partial charge in [0, 0.05) is 36.0 Å². The lowest BCUT2D eigenvalue weighted by molar-refractivity contribution is -0.117. The minimum atomic E-state index is -0.296. The molecule has 128 valence electrons. The van der Waals surface area contributed by atoms with Gasteiger partial charge >= 0.3 is 0 Å². The number of amides is 1. The van der Waals surface area contributed by atoms with Crippen LogP contribution in [0.5, 0.6) is 0 Å². The van der Waals surface area contributed by atoms with Crippen molar-refractivity contribution in [3.05, 3.63) is 59.0 Å². The van der Waals surface area contributed by atoms with E-state index in [0.717, 1.165) is 16.5 Å². The summed E-state index contributed by atoms with van der Waals surface area (Å²) in [6.45, 7) is 1.39. The number of anilines is 1. The fourth-order valence-corrected chi connectivity index (χ4v) is 3.42. The Bertz CT molecular complexity index is 934. The number of nitrogens with one attached hydrogen (secondary N) is 3. The Hall–Kier alpha value is -2.44. The largest absolute Gasteiger partial charge is 0.326 e. The fourth-order valence-electron chi connectivity index (χ4n) is 3.23. The van der Waals surface area contributed by atoms with Gasteiger partial charge in [-0.1, -0.05) is 23.7 Å². The molecule has 3 N–H and O–H groups in total. The van der Waals surface area contributed by atoms with E-state index in [-0.39, 0.29) is 17.1 Å². The quantitative estimate of drug-likeness (QED) is 0.670. The molecule has 0 saturated carbocycles. The molecule has 5 nitrogen and oxygen atoms in total. The fraction of sp³-hybridized carbons (Fsp3) is 0.222. The Morgan fingerprint density at radius 3 is 2.68 bits per heavy atom. The Balaban J connectivity index is 1.52. The molecule has 1 aliphatic heterocycles. The molecule has 7 heteroatoms. The summed E-state index contributed by atoms with van der Waals surface area (Å²) in [5, 5.41) is 14.1. The SMILES string of the molecule is O=C(CC1(c2ccc(F)cc2)CNC1)Nc1ccc2n[nH]c(Cl)c2c1. The number of carbonyl (C=O) groups is 1. The van der Waals surface area contributed by atoms with Crippen LogP contribution < -0.4 is 10.6 Å². The number of aromatic amines is 1. The zero-order valence-electron chi connectivity index (χ0n) is 13.3. The lowest BCUT2D eigenvalue weighted by Crippen LogP contribution is -2.58. The molecule has 1 aliphatic rings. The maximum absolute atomic E-state index is 13.2. The van der Waals surface area contributed by atoms with Gasteiger partial charge in [-0.25, -0.2) is 4.39 Å². The zero-order valence-corrected chi connectivity index (χ0v) is 14.0. The molecule has 4 rings (SSSR count). The molecular formula is C18H16ClFN4O. The summed E-state index contributed by atoms with van der Waals surface area (Å²) in [4.78, 5) is 12.6. The van der Waals surface area contributed by atoms with Crippen molar-refractivity contribution in [2.24, 2.45) is 0 Å². The minimum Gasteiger partial charge on any atom is -0.326 e. The topological polar surface area (TPSA) is 69.8 Å². The van der Waals surface area contributed by atoms with Crippen LogP contribution in [0.4, 0.5) is 10.1 Å². The molecule has 0 unspecified atom stereocenters. The Kier molecular flexibility index (Phi) is 3.94. The molecule has 3 aromatic rings. The molecule has 2 heterocycles. The van der Waals surface area contributed by atoms with Gasteiger partial charge in [0.05, 0.1) is 5.52 Å². The van der Waals surface area contributed by atoms with E-state index >= 15 is 0 Å². The maximum Gasteiger partial charge on any atom is 0.225 e. The molecule has 0 spiro atoms. The van der Waals surface area contributed by atoms with Crippen molar-refractivity contribution < 1.29 is 9.18 Å². The highest BCUT2D eigenvalue weighted by molar-refractivity contribution is 6.34. The van der Waals surface area contributed by atoms with Crippen LogP contribution in [0.1, 0.15) is 12.0 Å². The highest BCUT2D eigenvalue weighted by atomic mass is 35.5. The smallest absolute Gasteiger partial charge is 0.225 e. The van der Waals surface area contributed by atoms with Gasteiger partial charge in [-0.15, -0.1) is 0 Å². The molecule has 0 aliphatic carbocycles. The average Bonchev–Trinajstić information content (AvgIpc) is 2.93. The van der Waals surface area contributed by atoms with Crippen molar-refractivity contribution in [3.8, 4) is 0 Å². The van der Waals surface area contributed by atoms with Gasteiger partial charge in [0.2, 0.25) is 5.91 Å². The zero-order chi connectivity index (χ0) is 17.4. The molecule has 0 bridgehead atoms. The molecule has 1 amide bonds. The Labute approximate surface area is 148 Å². The van der Waals surface area contributed by atoms with E-state index in [4.69, 9.17) is 11.6 Å². The number of halogens is 2. The molecule has 1 saturated heterocycles. The van der Waals surface area contributed by atoms with Gasteiger partial charge in [-0.3, -0.25) is 9.89 Å². The summed E-state index contributed by atoms with van der Waals surface area (Å²) in [6.07, 6.45) is 0.322. The first-order valence-electron chi connectivity index (χ1n) is 7.96. The summed E-state index contributed by atoms with van der Waals surface area (Å²) >= 11 is 6.04. The van der Waals surface area contributed by atoms with Crippen LogP contribution in [0.15, 0.2) is 42.5 Å². The van der Waals surface area contributed by atoms with Crippen molar-refractivity contribution in [1.29, 1.82) is 0 Å². The normalized spacial score (nSPS) is 15.8. The van der Waals surface area contributed by atoms with Crippen molar-refractivity contribution in [1.82, 2.24) is 15.5 Å². The lowest BCUT2D eigenvalue weighted by Gasteiger charge is -2.42. The number of nitrogens with zero attached hydrogens (tertiary/aromatic N) is 1. The van der Waals surface area contributed by atoms with Crippen LogP contribution in [0.3, 0.4) is 0 Å². The molecular weight excluding hydrogens is 343 g/mol. The number of fused-ring (bicyclic) bond motifs is 1. The minimum absolute atomic E-state index is 0.0928. The monoisotopic (exact) mass is 358 g/mol. The third-order valence-corrected chi connectivity index (χ3v) is 4.96. The van der Waals surface area contributed by atoms with E-state index in [1.807, 2.05) is 0 Å². The number of rotatable bonds is 4. The summed E-state index contributed by atoms with van der Waals surface area (Å²) in [5.74, 6) is -0.370. The Morgan fingerprint density at radius 1 is 1.24 bits per heavy atom. The number of carbonyl (C=O) groups excluding carboxylic acids is 1. The van der Waals surface area contributed by atoms with Gasteiger partial charge in [0.25, 0.3) is 0 Å². The van der Waals surface area contributed by atoms with Gasteiger partial charge in [-0.2, -0.15) is 5.10 Å². The standard InChI is InChI=1S/C18H16ClFN4O/c19-17-14-7-13(5-6-15(14)23-24-17)22-16(25)8-18(9-21-10-18)11-1-3-12(20)4-2-11/h1-7,21H,8-10H2,(H,22,25)(H,23,24). The first-order valence-corrected chi connectivity index (χ1v) is 8.34. The second-order valence-electron chi connectivity index (χ2n) is 6.39. The summed E-state index contributed by atoms with van der Waals surface area (Å²) in [7, 11) is 0. The van der Waals surface area contributed by atoms with E-state index in [1.54, 1.807) is 30.3 Å². The van der Waals surface area contributed by atoms with Crippen LogP contribution in [0.25, 0.3) is 10.9 Å². The average molecular weight is 359 g/mol. The predicted molar refractivity (Wildman–Crippen MR) is 95.3 cm³/mol. The van der Waals surface area contributed by atoms with Crippen LogP contribution in [0, 0.1) is 5.82 Å². The van der Waals surface area contributed by atoms with Crippen molar-refractivity contribution in [3.63, 3.8) is 0 Å². The maximum atomic E-state index is 13.2. The van der Waals surface area contributed by atoms with Crippen LogP contribution >= 0.6 is 11.6 Å². The second kappa shape index (κ2) is 6.13. The number of hydrogen-bond acceptors (Lipinski definition) is 3. The predicted octanol–water partition coefficient (Wildman–Crippen LogP) is 3.23. The first kappa shape index (κ1) is 16.1. The lowest BCUT2D eigenvalue weighted by atomic mass is 9.72. The summed E-state index contributed by atoms with van der Waals surface area (Å²) in [6, 6.07) is 11.8. The highest BCUT2D eigenvalue weighted by Gasteiger charge is 2.40. The molecule has 1 aromatic heterocycles. The van der Waals surface area contributed by atoms with Crippen LogP contribution in [-0.2, 0) is 10.2 Å². The third kappa shape index (κ3) is 2.99. The second-order valence-corrected chi connectivity index (χ2v) is 6.76. The third-order valence-electron chi connectivity index (χ3n) is 4.67. The first-order chi connectivity index (χ1) is 12.1. The van der Waals surface area contributed by atoms with Crippen molar-refractivity contribution in [2.75, 3.05) is 18.4 Å². The van der Waals surface area contributed by atoms with E-state index in [2.05, 4.69) is 20.8 Å². The number of hydrogen-bond donors (Lipinski definition) is 3. The Morgan fingerprint density at radius 2 is 2.00 bits per heavy atom. The summed E-state index contributed by atoms with van der Waals surface area (Å²) in [5.41, 5.74) is 2.09. The van der Waals surface area contributed by atoms with Crippen molar-refractivity contribution in [2.45, 2.75) is 11.8 Å². The van der Waals surface area contributed by atoms with E-state index in [1.165, 1.54) is 12.1 Å². The van der Waals surface area contributed by atoms with Crippen LogP contribution in [-0.4, -0.2) is 29.2 Å². The molecule has 0 atom stereocenters. The molecule has 0 radical (unpaired) electrons.